The van der Waals surface area contributed by atoms with Gasteiger partial charge in [0.25, 0.3) is 0 Å². The molecule has 0 bridgehead atoms. The third-order valence-corrected chi connectivity index (χ3v) is 7.22. The Morgan fingerprint density at radius 1 is 0.889 bits per heavy atom. The SMILES string of the molecule is Clc1cc(Cl)c2c(c1)C1(C3=CCCC=C32)c2ccccc2C2C=CC=CC21. The van der Waals surface area contributed by atoms with E-state index in [0.29, 0.717) is 16.9 Å². The summed E-state index contributed by atoms with van der Waals surface area (Å²) in [6.45, 7) is 0. The van der Waals surface area contributed by atoms with E-state index in [-0.39, 0.29) is 5.41 Å². The lowest BCUT2D eigenvalue weighted by Crippen LogP contribution is -2.33. The van der Waals surface area contributed by atoms with Crippen LogP contribution in [0.1, 0.15) is 41.0 Å². The molecule has 4 aliphatic carbocycles. The maximum absolute atomic E-state index is 6.77. The molecule has 27 heavy (non-hydrogen) atoms. The molecule has 0 N–H and O–H groups in total. The third kappa shape index (κ3) is 1.86. The number of halogens is 2. The van der Waals surface area contributed by atoms with Crippen molar-refractivity contribution in [1.82, 2.24) is 0 Å². The first-order chi connectivity index (χ1) is 13.2. The molecule has 0 aliphatic heterocycles. The lowest BCUT2D eigenvalue weighted by Gasteiger charge is -2.37. The molecule has 0 saturated heterocycles. The first-order valence-corrected chi connectivity index (χ1v) is 10.3. The predicted molar refractivity (Wildman–Crippen MR) is 113 cm³/mol. The molecular formula is C25H18Cl2. The first-order valence-electron chi connectivity index (χ1n) is 9.58. The summed E-state index contributed by atoms with van der Waals surface area (Å²) in [7, 11) is 0. The second-order valence-electron chi connectivity index (χ2n) is 7.84. The summed E-state index contributed by atoms with van der Waals surface area (Å²) in [5, 5.41) is 1.49. The zero-order valence-corrected chi connectivity index (χ0v) is 16.3. The fourth-order valence-electron chi connectivity index (χ4n) is 5.88. The molecule has 6 rings (SSSR count). The van der Waals surface area contributed by atoms with E-state index in [1.165, 1.54) is 33.4 Å². The van der Waals surface area contributed by atoms with Crippen molar-refractivity contribution in [2.45, 2.75) is 24.2 Å². The highest BCUT2D eigenvalue weighted by Crippen LogP contribution is 2.67. The van der Waals surface area contributed by atoms with E-state index < -0.39 is 0 Å². The minimum Gasteiger partial charge on any atom is -0.0843 e. The molecule has 4 aliphatic rings. The molecule has 2 aromatic carbocycles. The minimum atomic E-state index is -0.196. The lowest BCUT2D eigenvalue weighted by atomic mass is 9.64. The van der Waals surface area contributed by atoms with Crippen LogP contribution < -0.4 is 0 Å². The Bertz CT molecular complexity index is 1120. The van der Waals surface area contributed by atoms with Crippen molar-refractivity contribution in [3.8, 4) is 0 Å². The molecule has 0 radical (unpaired) electrons. The predicted octanol–water partition coefficient (Wildman–Crippen LogP) is 7.24. The van der Waals surface area contributed by atoms with Gasteiger partial charge >= 0.3 is 0 Å². The fourth-order valence-corrected chi connectivity index (χ4v) is 6.48. The second kappa shape index (κ2) is 5.50. The highest BCUT2D eigenvalue weighted by atomic mass is 35.5. The van der Waals surface area contributed by atoms with Crippen LogP contribution in [0.3, 0.4) is 0 Å². The van der Waals surface area contributed by atoms with E-state index in [0.717, 1.165) is 17.9 Å². The van der Waals surface area contributed by atoms with Crippen LogP contribution in [0, 0.1) is 5.92 Å². The van der Waals surface area contributed by atoms with Crippen LogP contribution in [0.25, 0.3) is 5.57 Å². The average Bonchev–Trinajstić information content (AvgIpc) is 3.15. The molecule has 0 aromatic heterocycles. The van der Waals surface area contributed by atoms with Gasteiger partial charge in [0.1, 0.15) is 0 Å². The van der Waals surface area contributed by atoms with Gasteiger partial charge in [0, 0.05) is 22.4 Å². The summed E-state index contributed by atoms with van der Waals surface area (Å²) in [6, 6.07) is 13.0. The molecule has 1 spiro atoms. The Morgan fingerprint density at radius 3 is 2.63 bits per heavy atom. The maximum atomic E-state index is 6.77. The van der Waals surface area contributed by atoms with E-state index in [4.69, 9.17) is 23.2 Å². The molecule has 132 valence electrons. The quantitative estimate of drug-likeness (QED) is 0.446. The van der Waals surface area contributed by atoms with Crippen molar-refractivity contribution in [3.05, 3.63) is 111 Å². The monoisotopic (exact) mass is 388 g/mol. The van der Waals surface area contributed by atoms with E-state index in [2.05, 4.69) is 66.8 Å². The van der Waals surface area contributed by atoms with Crippen LogP contribution in [-0.2, 0) is 5.41 Å². The average molecular weight is 389 g/mol. The van der Waals surface area contributed by atoms with Crippen LogP contribution in [0.5, 0.6) is 0 Å². The summed E-state index contributed by atoms with van der Waals surface area (Å²) in [5.41, 5.74) is 7.85. The number of hydrogen-bond acceptors (Lipinski definition) is 0. The Hall–Kier alpha value is -2.02. The molecule has 0 heterocycles. The summed E-state index contributed by atoms with van der Waals surface area (Å²) in [5.74, 6) is 0.738. The van der Waals surface area contributed by atoms with Gasteiger partial charge in [-0.1, -0.05) is 83.9 Å². The molecule has 0 amide bonds. The zero-order valence-electron chi connectivity index (χ0n) is 14.8. The van der Waals surface area contributed by atoms with Gasteiger partial charge in [-0.25, -0.2) is 0 Å². The summed E-state index contributed by atoms with van der Waals surface area (Å²) in [6.07, 6.45) is 16.1. The van der Waals surface area contributed by atoms with E-state index in [9.17, 15) is 0 Å². The number of fused-ring (bicyclic) bond motifs is 10. The minimum absolute atomic E-state index is 0.196. The third-order valence-electron chi connectivity index (χ3n) is 6.71. The highest BCUT2D eigenvalue weighted by molar-refractivity contribution is 6.36. The van der Waals surface area contributed by atoms with Crippen molar-refractivity contribution < 1.29 is 0 Å². The van der Waals surface area contributed by atoms with Gasteiger partial charge in [0.05, 0.1) is 10.4 Å². The van der Waals surface area contributed by atoms with Gasteiger partial charge in [-0.05, 0) is 52.8 Å². The molecule has 0 nitrogen and oxygen atoms in total. The van der Waals surface area contributed by atoms with Gasteiger partial charge in [0.15, 0.2) is 0 Å². The van der Waals surface area contributed by atoms with Crippen molar-refractivity contribution in [3.63, 3.8) is 0 Å². The Balaban J connectivity index is 1.79. The van der Waals surface area contributed by atoms with E-state index in [1.54, 1.807) is 0 Å². The molecule has 3 unspecified atom stereocenters. The van der Waals surface area contributed by atoms with Gasteiger partial charge < -0.3 is 0 Å². The van der Waals surface area contributed by atoms with Gasteiger partial charge in [-0.15, -0.1) is 0 Å². The zero-order chi connectivity index (χ0) is 18.2. The largest absolute Gasteiger partial charge is 0.0843 e. The van der Waals surface area contributed by atoms with E-state index >= 15 is 0 Å². The molecule has 2 aromatic rings. The van der Waals surface area contributed by atoms with Crippen LogP contribution in [0.15, 0.2) is 78.4 Å². The second-order valence-corrected chi connectivity index (χ2v) is 8.68. The van der Waals surface area contributed by atoms with Crippen molar-refractivity contribution in [2.24, 2.45) is 5.92 Å². The number of allylic oxidation sites excluding steroid dienone is 8. The van der Waals surface area contributed by atoms with Gasteiger partial charge in [-0.3, -0.25) is 0 Å². The van der Waals surface area contributed by atoms with E-state index in [1.807, 2.05) is 6.07 Å². The standard InChI is InChI=1S/C25H18Cl2/c26-15-13-22-24(23(27)14-15)18-9-3-6-12-21(18)25(22)19-10-4-1-7-16(19)17-8-2-5-11-20(17)25/h1-2,4-5,7-14,16,19H,3,6H2. The Morgan fingerprint density at radius 2 is 1.70 bits per heavy atom. The summed E-state index contributed by atoms with van der Waals surface area (Å²) in [4.78, 5) is 0. The summed E-state index contributed by atoms with van der Waals surface area (Å²) >= 11 is 13.3. The highest BCUT2D eigenvalue weighted by Gasteiger charge is 2.58. The summed E-state index contributed by atoms with van der Waals surface area (Å²) < 4.78 is 0. The van der Waals surface area contributed by atoms with Gasteiger partial charge in [-0.2, -0.15) is 0 Å². The molecular weight excluding hydrogens is 371 g/mol. The first kappa shape index (κ1) is 16.0. The van der Waals surface area contributed by atoms with Crippen LogP contribution in [-0.4, -0.2) is 0 Å². The molecule has 2 heteroatoms. The number of benzene rings is 2. The van der Waals surface area contributed by atoms with Crippen molar-refractivity contribution in [2.75, 3.05) is 0 Å². The molecule has 0 fully saturated rings. The molecule has 3 atom stereocenters. The van der Waals surface area contributed by atoms with Crippen LogP contribution in [0.4, 0.5) is 0 Å². The van der Waals surface area contributed by atoms with Gasteiger partial charge in [0.2, 0.25) is 0 Å². The van der Waals surface area contributed by atoms with Crippen molar-refractivity contribution >= 4 is 28.8 Å². The lowest BCUT2D eigenvalue weighted by molar-refractivity contribution is 0.464. The van der Waals surface area contributed by atoms with Crippen LogP contribution in [0.2, 0.25) is 10.0 Å². The maximum Gasteiger partial charge on any atom is 0.0535 e. The number of rotatable bonds is 0. The Labute approximate surface area is 169 Å². The normalized spacial score (nSPS) is 29.1. The van der Waals surface area contributed by atoms with Crippen LogP contribution >= 0.6 is 23.2 Å². The fraction of sp³-hybridized carbons (Fsp3) is 0.200. The molecule has 0 saturated carbocycles. The topological polar surface area (TPSA) is 0 Å². The van der Waals surface area contributed by atoms with Crippen molar-refractivity contribution in [1.29, 1.82) is 0 Å². The Kier molecular flexibility index (Phi) is 3.26. The number of hydrogen-bond donors (Lipinski definition) is 0. The smallest absolute Gasteiger partial charge is 0.0535 e.